The Hall–Kier alpha value is -3.95. The Morgan fingerprint density at radius 1 is 1.00 bits per heavy atom. The molecule has 4 aromatic rings. The molecule has 0 amide bonds. The number of nitriles is 2. The number of imidazole rings is 1. The van der Waals surface area contributed by atoms with Crippen molar-refractivity contribution >= 4 is 28.0 Å². The lowest BCUT2D eigenvalue weighted by molar-refractivity contribution is 0.294. The lowest BCUT2D eigenvalue weighted by Crippen LogP contribution is -2.24. The molecule has 33 heavy (non-hydrogen) atoms. The average Bonchev–Trinajstić information content (AvgIpc) is 3.32. The zero-order chi connectivity index (χ0) is 23.5. The summed E-state index contributed by atoms with van der Waals surface area (Å²) in [5, 5.41) is 18.8. The van der Waals surface area contributed by atoms with Crippen LogP contribution < -0.4 is 5.73 Å². The number of hydrogen-bond donors (Lipinski definition) is 1. The molecule has 0 spiro atoms. The van der Waals surface area contributed by atoms with Gasteiger partial charge in [0.05, 0.1) is 16.6 Å². The quantitative estimate of drug-likeness (QED) is 0.415. The van der Waals surface area contributed by atoms with Crippen molar-refractivity contribution in [1.82, 2.24) is 29.0 Å². The molecule has 0 aliphatic carbocycles. The molecular weight excluding hydrogens is 414 g/mol. The molecule has 0 saturated carbocycles. The largest absolute Gasteiger partial charge is 0.384 e. The second-order valence-corrected chi connectivity index (χ2v) is 7.95. The van der Waals surface area contributed by atoms with E-state index < -0.39 is 0 Å². The van der Waals surface area contributed by atoms with Crippen molar-refractivity contribution in [3.05, 3.63) is 35.7 Å². The summed E-state index contributed by atoms with van der Waals surface area (Å²) in [6.07, 6.45) is 2.06. The third-order valence-electron chi connectivity index (χ3n) is 6.14. The van der Waals surface area contributed by atoms with E-state index in [0.29, 0.717) is 28.4 Å². The molecule has 0 radical (unpaired) electrons. The molecule has 168 valence electrons. The topological polar surface area (TPSA) is 125 Å². The van der Waals surface area contributed by atoms with Crippen molar-refractivity contribution in [2.75, 3.05) is 25.4 Å². The minimum atomic E-state index is -0.0151. The first-order valence-corrected chi connectivity index (χ1v) is 11.2. The maximum Gasteiger partial charge on any atom is 0.179 e. The van der Waals surface area contributed by atoms with Crippen LogP contribution in [0.15, 0.2) is 24.3 Å². The molecule has 0 unspecified atom stereocenters. The normalized spacial score (nSPS) is 11.3. The molecule has 1 aromatic carbocycles. The number of fused-ring (bicyclic) bond motifs is 2. The summed E-state index contributed by atoms with van der Waals surface area (Å²) in [4.78, 5) is 16.1. The number of unbranched alkanes of at least 4 members (excludes halogenated alkanes) is 1. The third-order valence-corrected chi connectivity index (χ3v) is 6.14. The van der Waals surface area contributed by atoms with Crippen LogP contribution in [0.2, 0.25) is 0 Å². The van der Waals surface area contributed by atoms with E-state index in [1.807, 2.05) is 30.3 Å². The minimum Gasteiger partial charge on any atom is -0.384 e. The molecule has 9 nitrogen and oxygen atoms in total. The highest BCUT2D eigenvalue weighted by molar-refractivity contribution is 5.99. The zero-order valence-corrected chi connectivity index (χ0v) is 19.2. The van der Waals surface area contributed by atoms with Gasteiger partial charge in [0, 0.05) is 13.6 Å². The predicted octanol–water partition coefficient (Wildman–Crippen LogP) is 3.43. The summed E-state index contributed by atoms with van der Waals surface area (Å²) < 4.78 is 3.87. The van der Waals surface area contributed by atoms with Crippen LogP contribution in [0.4, 0.5) is 5.82 Å². The Labute approximate surface area is 192 Å². The van der Waals surface area contributed by atoms with E-state index in [2.05, 4.69) is 39.3 Å². The van der Waals surface area contributed by atoms with Gasteiger partial charge in [-0.1, -0.05) is 26.0 Å². The minimum absolute atomic E-state index is 0.0120. The van der Waals surface area contributed by atoms with Crippen molar-refractivity contribution < 1.29 is 0 Å². The van der Waals surface area contributed by atoms with Crippen molar-refractivity contribution in [3.63, 3.8) is 0 Å². The number of anilines is 1. The first kappa shape index (κ1) is 22.3. The van der Waals surface area contributed by atoms with Crippen molar-refractivity contribution in [2.45, 2.75) is 33.2 Å². The summed E-state index contributed by atoms with van der Waals surface area (Å²) in [7, 11) is 1.78. The van der Waals surface area contributed by atoms with Gasteiger partial charge in [-0.05, 0) is 44.6 Å². The highest BCUT2D eigenvalue weighted by Crippen LogP contribution is 2.36. The Kier molecular flexibility index (Phi) is 6.25. The third kappa shape index (κ3) is 3.88. The van der Waals surface area contributed by atoms with Gasteiger partial charge in [0.2, 0.25) is 0 Å². The SMILES string of the molecule is CCN(CC)CCCCn1c(-c2c(N)n(C)c3nc(C#N)c(C#N)nc23)nc2ccccc21. The number of rotatable bonds is 8. The first-order chi connectivity index (χ1) is 16.0. The van der Waals surface area contributed by atoms with Crippen LogP contribution in [0.25, 0.3) is 33.6 Å². The molecule has 2 N–H and O–H groups in total. The van der Waals surface area contributed by atoms with Gasteiger partial charge in [-0.15, -0.1) is 0 Å². The Balaban J connectivity index is 1.83. The van der Waals surface area contributed by atoms with Gasteiger partial charge in [-0.2, -0.15) is 10.5 Å². The Morgan fingerprint density at radius 2 is 1.70 bits per heavy atom. The number of benzene rings is 1. The van der Waals surface area contributed by atoms with Crippen LogP contribution in [-0.2, 0) is 13.6 Å². The van der Waals surface area contributed by atoms with Gasteiger partial charge in [-0.3, -0.25) is 0 Å². The molecular formula is C24H27N9. The van der Waals surface area contributed by atoms with Gasteiger partial charge in [0.25, 0.3) is 0 Å². The van der Waals surface area contributed by atoms with Gasteiger partial charge in [-0.25, -0.2) is 15.0 Å². The Morgan fingerprint density at radius 3 is 2.39 bits per heavy atom. The number of aromatic nitrogens is 5. The maximum atomic E-state index is 9.48. The van der Waals surface area contributed by atoms with Gasteiger partial charge in [0.1, 0.15) is 29.3 Å². The molecule has 0 aliphatic heterocycles. The van der Waals surface area contributed by atoms with Gasteiger partial charge >= 0.3 is 0 Å². The highest BCUT2D eigenvalue weighted by Gasteiger charge is 2.24. The van der Waals surface area contributed by atoms with E-state index >= 15 is 0 Å². The van der Waals surface area contributed by atoms with Crippen LogP contribution in [0, 0.1) is 22.7 Å². The van der Waals surface area contributed by atoms with Crippen LogP contribution in [0.5, 0.6) is 0 Å². The van der Waals surface area contributed by atoms with Crippen molar-refractivity contribution in [1.29, 1.82) is 10.5 Å². The molecule has 0 aliphatic rings. The highest BCUT2D eigenvalue weighted by atomic mass is 15.1. The van der Waals surface area contributed by atoms with Gasteiger partial charge < -0.3 is 19.8 Å². The smallest absolute Gasteiger partial charge is 0.179 e. The summed E-state index contributed by atoms with van der Waals surface area (Å²) >= 11 is 0. The molecule has 0 fully saturated rings. The van der Waals surface area contributed by atoms with Crippen LogP contribution >= 0.6 is 0 Å². The molecule has 0 saturated heterocycles. The van der Waals surface area contributed by atoms with E-state index in [-0.39, 0.29) is 11.4 Å². The van der Waals surface area contributed by atoms with Crippen LogP contribution in [-0.4, -0.2) is 48.6 Å². The van der Waals surface area contributed by atoms with E-state index in [0.717, 1.165) is 50.1 Å². The lowest BCUT2D eigenvalue weighted by Gasteiger charge is -2.18. The van der Waals surface area contributed by atoms with Crippen LogP contribution in [0.1, 0.15) is 38.1 Å². The predicted molar refractivity (Wildman–Crippen MR) is 128 cm³/mol. The number of hydrogen-bond acceptors (Lipinski definition) is 7. The number of nitrogen functional groups attached to an aromatic ring is 1. The second kappa shape index (κ2) is 9.27. The summed E-state index contributed by atoms with van der Waals surface area (Å²) in [5.74, 6) is 1.15. The standard InChI is InChI=1S/C24H27N9/c1-4-32(5-2)12-8-9-13-33-19-11-7-6-10-16(19)29-23(33)20-21-24(31(3)22(20)27)30-18(15-26)17(14-25)28-21/h6-7,10-11H,4-5,8-9,12-13,27H2,1-3H3. The zero-order valence-electron chi connectivity index (χ0n) is 19.2. The Bertz CT molecular complexity index is 1390. The van der Waals surface area contributed by atoms with Crippen LogP contribution in [0.3, 0.4) is 0 Å². The van der Waals surface area contributed by atoms with E-state index in [1.54, 1.807) is 11.6 Å². The summed E-state index contributed by atoms with van der Waals surface area (Å²) in [6, 6.07) is 11.9. The molecule has 3 aromatic heterocycles. The summed E-state index contributed by atoms with van der Waals surface area (Å²) in [6.45, 7) is 8.30. The molecule has 9 heteroatoms. The van der Waals surface area contributed by atoms with Crippen molar-refractivity contribution in [2.24, 2.45) is 7.05 Å². The van der Waals surface area contributed by atoms with E-state index in [1.165, 1.54) is 0 Å². The number of para-hydroxylation sites is 2. The molecule has 0 bridgehead atoms. The number of nitrogens with two attached hydrogens (primary N) is 1. The fourth-order valence-electron chi connectivity index (χ4n) is 4.25. The molecule has 4 rings (SSSR count). The second-order valence-electron chi connectivity index (χ2n) is 7.95. The van der Waals surface area contributed by atoms with Gasteiger partial charge in [0.15, 0.2) is 17.0 Å². The summed E-state index contributed by atoms with van der Waals surface area (Å²) in [5.41, 5.74) is 9.95. The fraction of sp³-hybridized carbons (Fsp3) is 0.375. The maximum absolute atomic E-state index is 9.48. The van der Waals surface area contributed by atoms with E-state index in [9.17, 15) is 10.5 Å². The number of nitrogens with zero attached hydrogens (tertiary/aromatic N) is 8. The number of aryl methyl sites for hydroxylation is 2. The molecule has 0 atom stereocenters. The average molecular weight is 442 g/mol. The lowest BCUT2D eigenvalue weighted by atomic mass is 10.2. The molecule has 3 heterocycles. The fourth-order valence-corrected chi connectivity index (χ4v) is 4.25. The van der Waals surface area contributed by atoms with Crippen molar-refractivity contribution in [3.8, 4) is 23.5 Å². The van der Waals surface area contributed by atoms with E-state index in [4.69, 9.17) is 10.7 Å². The monoisotopic (exact) mass is 441 g/mol. The first-order valence-electron chi connectivity index (χ1n) is 11.2.